The van der Waals surface area contributed by atoms with Gasteiger partial charge in [0.2, 0.25) is 0 Å². The largest absolute Gasteiger partial charge is 0.491 e. The highest BCUT2D eigenvalue weighted by atomic mass is 16.5. The number of esters is 1. The molecule has 1 aliphatic carbocycles. The Hall–Kier alpha value is -3.97. The Balaban J connectivity index is 1.68. The number of rotatable bonds is 15. The van der Waals surface area contributed by atoms with E-state index >= 15 is 0 Å². The summed E-state index contributed by atoms with van der Waals surface area (Å²) in [5, 5.41) is 0. The molecule has 0 unspecified atom stereocenters. The van der Waals surface area contributed by atoms with E-state index in [1.807, 2.05) is 33.2 Å². The molecule has 6 heteroatoms. The lowest BCUT2D eigenvalue weighted by Crippen LogP contribution is -2.29. The molecule has 0 saturated carbocycles. The van der Waals surface area contributed by atoms with Crippen molar-refractivity contribution in [3.8, 4) is 16.9 Å². The molecule has 0 radical (unpaired) electrons. The second-order valence-electron chi connectivity index (χ2n) is 13.4. The SMILES string of the molecule is CCCN(C)COCCc1ccc(C2(c3ccc(OCCN(C)C)c(C(=O)OCC)c3)c3cc(C)ccc3-c3ccc(C)cc32)cc1C. The van der Waals surface area contributed by atoms with Crippen molar-refractivity contribution in [2.75, 3.05) is 60.8 Å². The Kier molecular flexibility index (Phi) is 11.4. The summed E-state index contributed by atoms with van der Waals surface area (Å²) in [5.74, 6) is 0.162. The lowest BCUT2D eigenvalue weighted by molar-refractivity contribution is 0.0448. The molecule has 4 aromatic carbocycles. The van der Waals surface area contributed by atoms with Gasteiger partial charge in [-0.1, -0.05) is 78.7 Å². The number of carbonyl (C=O) groups is 1. The summed E-state index contributed by atoms with van der Waals surface area (Å²) >= 11 is 0. The molecule has 0 fully saturated rings. The summed E-state index contributed by atoms with van der Waals surface area (Å²) in [4.78, 5) is 17.8. The number of hydrogen-bond acceptors (Lipinski definition) is 6. The minimum atomic E-state index is -0.658. The van der Waals surface area contributed by atoms with E-state index < -0.39 is 5.41 Å². The van der Waals surface area contributed by atoms with E-state index in [1.165, 1.54) is 50.1 Å². The van der Waals surface area contributed by atoms with Crippen molar-refractivity contribution in [3.05, 3.63) is 123 Å². The van der Waals surface area contributed by atoms with Crippen LogP contribution in [0.15, 0.2) is 72.8 Å². The maximum Gasteiger partial charge on any atom is 0.341 e. The molecular formula is C42H52N2O4. The van der Waals surface area contributed by atoms with Gasteiger partial charge in [-0.3, -0.25) is 4.90 Å². The van der Waals surface area contributed by atoms with Crippen LogP contribution in [0, 0.1) is 20.8 Å². The first-order valence-electron chi connectivity index (χ1n) is 17.3. The fraction of sp³-hybridized carbons (Fsp3) is 0.405. The van der Waals surface area contributed by atoms with Crippen molar-refractivity contribution in [3.63, 3.8) is 0 Å². The molecule has 0 saturated heterocycles. The van der Waals surface area contributed by atoms with E-state index in [0.29, 0.717) is 31.3 Å². The van der Waals surface area contributed by atoms with Crippen molar-refractivity contribution >= 4 is 5.97 Å². The molecule has 0 spiro atoms. The normalized spacial score (nSPS) is 13.1. The third-order valence-electron chi connectivity index (χ3n) is 9.36. The van der Waals surface area contributed by atoms with Crippen LogP contribution < -0.4 is 4.74 Å². The van der Waals surface area contributed by atoms with Crippen molar-refractivity contribution in [1.82, 2.24) is 9.80 Å². The fourth-order valence-electron chi connectivity index (χ4n) is 6.99. The van der Waals surface area contributed by atoms with Crippen LogP contribution in [-0.4, -0.2) is 76.6 Å². The van der Waals surface area contributed by atoms with E-state index in [-0.39, 0.29) is 12.6 Å². The molecule has 0 aliphatic heterocycles. The average molecular weight is 649 g/mol. The predicted molar refractivity (Wildman–Crippen MR) is 195 cm³/mol. The summed E-state index contributed by atoms with van der Waals surface area (Å²) in [6.45, 7) is 14.3. The van der Waals surface area contributed by atoms with E-state index in [1.54, 1.807) is 0 Å². The minimum absolute atomic E-state index is 0.286. The van der Waals surface area contributed by atoms with Crippen LogP contribution in [0.5, 0.6) is 5.75 Å². The first kappa shape index (κ1) is 35.3. The third-order valence-corrected chi connectivity index (χ3v) is 9.36. The first-order valence-corrected chi connectivity index (χ1v) is 17.3. The smallest absolute Gasteiger partial charge is 0.341 e. The monoisotopic (exact) mass is 648 g/mol. The Morgan fingerprint density at radius 3 is 2.00 bits per heavy atom. The fourth-order valence-corrected chi connectivity index (χ4v) is 6.99. The van der Waals surface area contributed by atoms with Gasteiger partial charge in [0.05, 0.1) is 25.4 Å². The molecular weight excluding hydrogens is 596 g/mol. The summed E-state index contributed by atoms with van der Waals surface area (Å²) in [7, 11) is 6.11. The van der Waals surface area contributed by atoms with Gasteiger partial charge in [-0.15, -0.1) is 0 Å². The van der Waals surface area contributed by atoms with Gasteiger partial charge >= 0.3 is 5.97 Å². The van der Waals surface area contributed by atoms with Crippen LogP contribution in [0.4, 0.5) is 0 Å². The van der Waals surface area contributed by atoms with Gasteiger partial charge in [-0.25, -0.2) is 4.79 Å². The van der Waals surface area contributed by atoms with Crippen molar-refractivity contribution in [2.24, 2.45) is 0 Å². The highest BCUT2D eigenvalue weighted by Crippen LogP contribution is 2.57. The molecule has 0 heterocycles. The van der Waals surface area contributed by atoms with E-state index in [2.05, 4.69) is 105 Å². The molecule has 0 aromatic heterocycles. The molecule has 0 amide bonds. The highest BCUT2D eigenvalue weighted by Gasteiger charge is 2.47. The number of hydrogen-bond donors (Lipinski definition) is 0. The summed E-state index contributed by atoms with van der Waals surface area (Å²) in [6, 6.07) is 26.5. The molecule has 0 bridgehead atoms. The lowest BCUT2D eigenvalue weighted by atomic mass is 9.66. The van der Waals surface area contributed by atoms with Gasteiger partial charge < -0.3 is 19.1 Å². The van der Waals surface area contributed by atoms with Gasteiger partial charge in [-0.2, -0.15) is 0 Å². The maximum absolute atomic E-state index is 13.5. The number of carbonyl (C=O) groups excluding carboxylic acids is 1. The van der Waals surface area contributed by atoms with Crippen LogP contribution in [-0.2, 0) is 21.3 Å². The van der Waals surface area contributed by atoms with Crippen molar-refractivity contribution < 1.29 is 19.0 Å². The molecule has 1 aliphatic rings. The van der Waals surface area contributed by atoms with E-state index in [4.69, 9.17) is 14.2 Å². The quantitative estimate of drug-likeness (QED) is 0.0653. The van der Waals surface area contributed by atoms with E-state index in [0.717, 1.165) is 31.5 Å². The van der Waals surface area contributed by atoms with Crippen molar-refractivity contribution in [2.45, 2.75) is 52.9 Å². The molecule has 48 heavy (non-hydrogen) atoms. The van der Waals surface area contributed by atoms with Crippen LogP contribution in [0.2, 0.25) is 0 Å². The van der Waals surface area contributed by atoms with Crippen molar-refractivity contribution in [1.29, 1.82) is 0 Å². The third kappa shape index (κ3) is 7.21. The Morgan fingerprint density at radius 1 is 0.750 bits per heavy atom. The highest BCUT2D eigenvalue weighted by molar-refractivity contribution is 5.94. The number of aryl methyl sites for hydroxylation is 3. The zero-order valence-electron chi connectivity index (χ0n) is 30.1. The Morgan fingerprint density at radius 2 is 1.40 bits per heavy atom. The van der Waals surface area contributed by atoms with Crippen LogP contribution >= 0.6 is 0 Å². The average Bonchev–Trinajstić information content (AvgIpc) is 3.33. The second-order valence-corrected chi connectivity index (χ2v) is 13.4. The molecule has 254 valence electrons. The van der Waals surface area contributed by atoms with Crippen LogP contribution in [0.3, 0.4) is 0 Å². The zero-order valence-corrected chi connectivity index (χ0v) is 30.1. The maximum atomic E-state index is 13.5. The standard InChI is InChI=1S/C42H52N2O4/c1-9-20-44(8)28-46-22-19-32-13-14-33(26-31(32)5)42(38-24-29(3)11-16-35(38)36-17-12-30(4)25-39(36)42)34-15-18-40(48-23-21-43(6)7)37(27-34)41(45)47-10-2/h11-18,24-27H,9-10,19-23,28H2,1-8H3. The van der Waals surface area contributed by atoms with E-state index in [9.17, 15) is 4.79 Å². The first-order chi connectivity index (χ1) is 23.1. The molecule has 5 rings (SSSR count). The minimum Gasteiger partial charge on any atom is -0.491 e. The molecule has 0 N–H and O–H groups in total. The topological polar surface area (TPSA) is 51.2 Å². The number of nitrogens with zero attached hydrogens (tertiary/aromatic N) is 2. The molecule has 0 atom stereocenters. The predicted octanol–water partition coefficient (Wildman–Crippen LogP) is 7.95. The zero-order chi connectivity index (χ0) is 34.4. The number of fused-ring (bicyclic) bond motifs is 3. The second kappa shape index (κ2) is 15.5. The summed E-state index contributed by atoms with van der Waals surface area (Å²) in [5.41, 5.74) is 11.7. The number of benzene rings is 4. The van der Waals surface area contributed by atoms with Crippen LogP contribution in [0.25, 0.3) is 11.1 Å². The lowest BCUT2D eigenvalue weighted by Gasteiger charge is -2.35. The summed E-state index contributed by atoms with van der Waals surface area (Å²) < 4.78 is 17.8. The van der Waals surface area contributed by atoms with Gasteiger partial charge in [0.25, 0.3) is 0 Å². The van der Waals surface area contributed by atoms with Gasteiger partial charge in [0.1, 0.15) is 17.9 Å². The Labute approximate surface area is 287 Å². The molecule has 4 aromatic rings. The van der Waals surface area contributed by atoms with Gasteiger partial charge in [-0.05, 0) is 125 Å². The number of likely N-dealkylation sites (N-methyl/N-ethyl adjacent to an activating group) is 1. The Bertz CT molecular complexity index is 1690. The molecule has 6 nitrogen and oxygen atoms in total. The summed E-state index contributed by atoms with van der Waals surface area (Å²) in [6.07, 6.45) is 1.96. The number of ether oxygens (including phenoxy) is 3. The van der Waals surface area contributed by atoms with Gasteiger partial charge in [0, 0.05) is 6.54 Å². The van der Waals surface area contributed by atoms with Crippen LogP contribution in [0.1, 0.15) is 75.1 Å². The van der Waals surface area contributed by atoms with Gasteiger partial charge in [0.15, 0.2) is 0 Å².